The minimum atomic E-state index is -3.64. The summed E-state index contributed by atoms with van der Waals surface area (Å²) in [7, 11) is -1.66. The largest absolute Gasteiger partial charge is 0.321 e. The third kappa shape index (κ3) is 4.69. The van der Waals surface area contributed by atoms with Gasteiger partial charge in [0.15, 0.2) is 0 Å². The number of benzene rings is 3. The van der Waals surface area contributed by atoms with E-state index in [1.807, 2.05) is 61.6 Å². The topological polar surface area (TPSA) is 69.7 Å². The van der Waals surface area contributed by atoms with E-state index in [1.54, 1.807) is 18.2 Å². The van der Waals surface area contributed by atoms with Crippen molar-refractivity contribution >= 4 is 21.6 Å². The molecule has 1 aliphatic heterocycles. The monoisotopic (exact) mass is 435 g/mol. The molecular weight excluding hydrogens is 410 g/mol. The van der Waals surface area contributed by atoms with Crippen LogP contribution in [0.4, 0.5) is 5.69 Å². The van der Waals surface area contributed by atoms with E-state index in [0.29, 0.717) is 37.4 Å². The molecule has 1 fully saturated rings. The van der Waals surface area contributed by atoms with Crippen LogP contribution in [-0.4, -0.2) is 56.8 Å². The van der Waals surface area contributed by atoms with Gasteiger partial charge in [-0.1, -0.05) is 54.6 Å². The Bertz CT molecular complexity index is 1170. The molecule has 0 aliphatic carbocycles. The summed E-state index contributed by atoms with van der Waals surface area (Å²) in [6, 6.07) is 23.6. The van der Waals surface area contributed by atoms with E-state index in [4.69, 9.17) is 0 Å². The summed E-state index contributed by atoms with van der Waals surface area (Å²) in [5.74, 6) is -0.348. The Morgan fingerprint density at radius 1 is 0.839 bits per heavy atom. The highest BCUT2D eigenvalue weighted by Crippen LogP contribution is 2.28. The van der Waals surface area contributed by atoms with Crippen LogP contribution in [0.2, 0.25) is 0 Å². The molecule has 1 N–H and O–H groups in total. The summed E-state index contributed by atoms with van der Waals surface area (Å²) in [5, 5.41) is 2.94. The first-order valence-electron chi connectivity index (χ1n) is 10.2. The van der Waals surface area contributed by atoms with E-state index in [-0.39, 0.29) is 10.8 Å². The minimum absolute atomic E-state index is 0.140. The lowest BCUT2D eigenvalue weighted by molar-refractivity contribution is 0.102. The molecule has 31 heavy (non-hydrogen) atoms. The summed E-state index contributed by atoms with van der Waals surface area (Å²) in [6.45, 7) is 2.27. The van der Waals surface area contributed by atoms with Crippen molar-refractivity contribution in [2.24, 2.45) is 0 Å². The quantitative estimate of drug-likeness (QED) is 0.666. The van der Waals surface area contributed by atoms with Gasteiger partial charge >= 0.3 is 0 Å². The highest BCUT2D eigenvalue weighted by molar-refractivity contribution is 7.89. The number of sulfonamides is 1. The first-order chi connectivity index (χ1) is 14.9. The maximum atomic E-state index is 13.0. The maximum absolute atomic E-state index is 13.0. The standard InChI is InChI=1S/C24H25N3O3S/c1-26-14-16-27(17-15-26)31(29,30)21-11-7-10-20(18-21)24(28)25-23-13-6-5-12-22(23)19-8-3-2-4-9-19/h2-13,18H,14-17H2,1H3,(H,25,28). The van der Waals surface area contributed by atoms with Crippen LogP contribution >= 0.6 is 0 Å². The van der Waals surface area contributed by atoms with E-state index in [1.165, 1.54) is 10.4 Å². The van der Waals surface area contributed by atoms with Gasteiger partial charge in [-0.25, -0.2) is 8.42 Å². The van der Waals surface area contributed by atoms with Gasteiger partial charge in [-0.2, -0.15) is 4.31 Å². The number of rotatable bonds is 5. The van der Waals surface area contributed by atoms with Crippen molar-refractivity contribution in [1.29, 1.82) is 0 Å². The number of nitrogens with one attached hydrogen (secondary N) is 1. The SMILES string of the molecule is CN1CCN(S(=O)(=O)c2cccc(C(=O)Nc3ccccc3-c3ccccc3)c2)CC1. The van der Waals surface area contributed by atoms with Crippen molar-refractivity contribution in [1.82, 2.24) is 9.21 Å². The zero-order valence-electron chi connectivity index (χ0n) is 17.4. The molecule has 0 unspecified atom stereocenters. The molecule has 3 aromatic rings. The van der Waals surface area contributed by atoms with Crippen LogP contribution in [0.25, 0.3) is 11.1 Å². The Labute approximate surface area is 183 Å². The summed E-state index contributed by atoms with van der Waals surface area (Å²) in [6.07, 6.45) is 0. The molecule has 0 aromatic heterocycles. The molecule has 1 amide bonds. The van der Waals surface area contributed by atoms with Gasteiger partial charge in [0.25, 0.3) is 5.91 Å². The van der Waals surface area contributed by atoms with Crippen molar-refractivity contribution in [2.75, 3.05) is 38.5 Å². The average molecular weight is 436 g/mol. The molecule has 0 saturated carbocycles. The molecule has 160 valence electrons. The van der Waals surface area contributed by atoms with Crippen LogP contribution in [0.15, 0.2) is 83.8 Å². The fourth-order valence-corrected chi connectivity index (χ4v) is 5.10. The van der Waals surface area contributed by atoms with E-state index >= 15 is 0 Å². The molecule has 0 atom stereocenters. The van der Waals surface area contributed by atoms with Gasteiger partial charge in [0.05, 0.1) is 4.90 Å². The number of likely N-dealkylation sites (N-methyl/N-ethyl adjacent to an activating group) is 1. The molecule has 0 bridgehead atoms. The first kappa shape index (κ1) is 21.2. The number of hydrogen-bond acceptors (Lipinski definition) is 4. The first-order valence-corrected chi connectivity index (χ1v) is 11.6. The summed E-state index contributed by atoms with van der Waals surface area (Å²) in [4.78, 5) is 15.2. The molecule has 1 saturated heterocycles. The number of anilines is 1. The Kier molecular flexibility index (Phi) is 6.18. The summed E-state index contributed by atoms with van der Waals surface area (Å²) >= 11 is 0. The second-order valence-corrected chi connectivity index (χ2v) is 9.54. The molecule has 1 heterocycles. The fourth-order valence-electron chi connectivity index (χ4n) is 3.63. The highest BCUT2D eigenvalue weighted by Gasteiger charge is 2.28. The number of amides is 1. The van der Waals surface area contributed by atoms with Crippen molar-refractivity contribution in [3.63, 3.8) is 0 Å². The Hall–Kier alpha value is -3.00. The van der Waals surface area contributed by atoms with Crippen molar-refractivity contribution in [3.8, 4) is 11.1 Å². The number of piperazine rings is 1. The minimum Gasteiger partial charge on any atom is -0.321 e. The molecule has 0 radical (unpaired) electrons. The lowest BCUT2D eigenvalue weighted by Gasteiger charge is -2.31. The highest BCUT2D eigenvalue weighted by atomic mass is 32.2. The molecule has 0 spiro atoms. The molecule has 1 aliphatic rings. The van der Waals surface area contributed by atoms with Crippen molar-refractivity contribution in [3.05, 3.63) is 84.4 Å². The molecule has 6 nitrogen and oxygen atoms in total. The maximum Gasteiger partial charge on any atom is 0.255 e. The van der Waals surface area contributed by atoms with Gasteiger partial charge in [0, 0.05) is 43.0 Å². The van der Waals surface area contributed by atoms with Gasteiger partial charge in [0.2, 0.25) is 10.0 Å². The molecule has 7 heteroatoms. The fraction of sp³-hybridized carbons (Fsp3) is 0.208. The lowest BCUT2D eigenvalue weighted by Crippen LogP contribution is -2.47. The van der Waals surface area contributed by atoms with Crippen LogP contribution < -0.4 is 5.32 Å². The van der Waals surface area contributed by atoms with Crippen LogP contribution in [-0.2, 0) is 10.0 Å². The van der Waals surface area contributed by atoms with Crippen LogP contribution in [0.3, 0.4) is 0 Å². The number of nitrogens with zero attached hydrogens (tertiary/aromatic N) is 2. The number of carbonyl (C=O) groups is 1. The predicted octanol–water partition coefficient (Wildman–Crippen LogP) is 3.54. The molecular formula is C24H25N3O3S. The third-order valence-electron chi connectivity index (χ3n) is 5.46. The normalized spacial score (nSPS) is 15.5. The number of carbonyl (C=O) groups excluding carboxylic acids is 1. The smallest absolute Gasteiger partial charge is 0.255 e. The number of para-hydroxylation sites is 1. The van der Waals surface area contributed by atoms with Gasteiger partial charge in [-0.15, -0.1) is 0 Å². The van der Waals surface area contributed by atoms with Crippen molar-refractivity contribution in [2.45, 2.75) is 4.90 Å². The number of hydrogen-bond donors (Lipinski definition) is 1. The Morgan fingerprint density at radius 3 is 2.26 bits per heavy atom. The Balaban J connectivity index is 1.58. The van der Waals surface area contributed by atoms with Crippen LogP contribution in [0.1, 0.15) is 10.4 Å². The lowest BCUT2D eigenvalue weighted by atomic mass is 10.0. The van der Waals surface area contributed by atoms with Crippen LogP contribution in [0.5, 0.6) is 0 Å². The van der Waals surface area contributed by atoms with E-state index in [2.05, 4.69) is 10.2 Å². The second kappa shape index (κ2) is 9.01. The second-order valence-electron chi connectivity index (χ2n) is 7.60. The van der Waals surface area contributed by atoms with Crippen LogP contribution in [0, 0.1) is 0 Å². The third-order valence-corrected chi connectivity index (χ3v) is 7.35. The summed E-state index contributed by atoms with van der Waals surface area (Å²) in [5.41, 5.74) is 2.87. The van der Waals surface area contributed by atoms with Crippen molar-refractivity contribution < 1.29 is 13.2 Å². The van der Waals surface area contributed by atoms with Gasteiger partial charge in [-0.3, -0.25) is 4.79 Å². The van der Waals surface area contributed by atoms with Gasteiger partial charge in [-0.05, 0) is 36.9 Å². The van der Waals surface area contributed by atoms with Gasteiger partial charge in [0.1, 0.15) is 0 Å². The van der Waals surface area contributed by atoms with E-state index in [9.17, 15) is 13.2 Å². The predicted molar refractivity (Wildman–Crippen MR) is 123 cm³/mol. The molecule has 3 aromatic carbocycles. The zero-order valence-corrected chi connectivity index (χ0v) is 18.2. The zero-order chi connectivity index (χ0) is 21.8. The molecule has 4 rings (SSSR count). The average Bonchev–Trinajstić information content (AvgIpc) is 2.80. The van der Waals surface area contributed by atoms with E-state index < -0.39 is 10.0 Å². The van der Waals surface area contributed by atoms with E-state index in [0.717, 1.165) is 11.1 Å². The van der Waals surface area contributed by atoms with Gasteiger partial charge < -0.3 is 10.2 Å². The summed E-state index contributed by atoms with van der Waals surface area (Å²) < 4.78 is 27.6. The Morgan fingerprint density at radius 2 is 1.52 bits per heavy atom.